The fraction of sp³-hybridized carbons (Fsp3) is 0. The summed E-state index contributed by atoms with van der Waals surface area (Å²) in [5.74, 6) is 0. The highest BCUT2D eigenvalue weighted by molar-refractivity contribution is 6.15. The average molecular weight is 385 g/mol. The maximum Gasteiger partial charge on any atom is 0.143 e. The molecule has 6 aromatic rings. The van der Waals surface area contributed by atoms with Crippen LogP contribution in [0.2, 0.25) is 0 Å². The second-order valence-corrected chi connectivity index (χ2v) is 7.54. The van der Waals surface area contributed by atoms with Gasteiger partial charge in [-0.25, -0.2) is 0 Å². The van der Waals surface area contributed by atoms with E-state index < -0.39 is 0 Å². The Hall–Kier alpha value is -4.04. The number of benzene rings is 5. The summed E-state index contributed by atoms with van der Waals surface area (Å²) < 4.78 is 6.21. The van der Waals surface area contributed by atoms with Crippen LogP contribution in [-0.2, 0) is 0 Å². The summed E-state index contributed by atoms with van der Waals surface area (Å²) in [6, 6.07) is 37.9. The third kappa shape index (κ3) is 2.82. The summed E-state index contributed by atoms with van der Waals surface area (Å²) >= 11 is 0. The van der Waals surface area contributed by atoms with Gasteiger partial charge in [-0.2, -0.15) is 0 Å². The summed E-state index contributed by atoms with van der Waals surface area (Å²) in [5, 5.41) is 8.14. The highest BCUT2D eigenvalue weighted by Crippen LogP contribution is 2.35. The minimum atomic E-state index is 0.909. The Morgan fingerprint density at radius 3 is 2.10 bits per heavy atom. The molecule has 0 aliphatic rings. The molecule has 0 amide bonds. The van der Waals surface area contributed by atoms with Crippen LogP contribution in [0.4, 0.5) is 11.4 Å². The topological polar surface area (TPSA) is 25.2 Å². The molecule has 0 unspecified atom stereocenters. The molecule has 30 heavy (non-hydrogen) atoms. The fourth-order valence-corrected chi connectivity index (χ4v) is 4.13. The van der Waals surface area contributed by atoms with E-state index in [1.54, 1.807) is 0 Å². The Bertz CT molecular complexity index is 1490. The van der Waals surface area contributed by atoms with Crippen molar-refractivity contribution in [3.05, 3.63) is 109 Å². The monoisotopic (exact) mass is 385 g/mol. The molecule has 2 heteroatoms. The lowest BCUT2D eigenvalue weighted by atomic mass is 10.1. The number of anilines is 2. The van der Waals surface area contributed by atoms with Gasteiger partial charge in [0.25, 0.3) is 0 Å². The fourth-order valence-electron chi connectivity index (χ4n) is 4.13. The molecule has 2 nitrogen and oxygen atoms in total. The summed E-state index contributed by atoms with van der Waals surface area (Å²) in [4.78, 5) is 0. The maximum atomic E-state index is 6.21. The quantitative estimate of drug-likeness (QED) is 0.332. The van der Waals surface area contributed by atoms with E-state index in [2.05, 4.69) is 102 Å². The number of rotatable bonds is 3. The van der Waals surface area contributed by atoms with Gasteiger partial charge in [0, 0.05) is 27.5 Å². The van der Waals surface area contributed by atoms with Crippen LogP contribution < -0.4 is 5.32 Å². The number of hydrogen-bond acceptors (Lipinski definition) is 2. The van der Waals surface area contributed by atoms with Crippen LogP contribution in [0.15, 0.2) is 114 Å². The van der Waals surface area contributed by atoms with Crippen LogP contribution >= 0.6 is 0 Å². The Morgan fingerprint density at radius 2 is 1.23 bits per heavy atom. The lowest BCUT2D eigenvalue weighted by Gasteiger charge is -2.08. The van der Waals surface area contributed by atoms with E-state index in [1.165, 1.54) is 16.5 Å². The highest BCUT2D eigenvalue weighted by Gasteiger charge is 2.10. The zero-order valence-corrected chi connectivity index (χ0v) is 16.3. The molecule has 0 saturated carbocycles. The van der Waals surface area contributed by atoms with Gasteiger partial charge in [0.1, 0.15) is 11.2 Å². The van der Waals surface area contributed by atoms with Crippen LogP contribution in [0, 0.1) is 0 Å². The normalized spacial score (nSPS) is 11.3. The van der Waals surface area contributed by atoms with Gasteiger partial charge in [0.05, 0.1) is 0 Å². The molecule has 1 aromatic heterocycles. The SMILES string of the molecule is c1ccc(-c2ccc(Nc3ccc4oc5c6ccccc6ccc5c4c3)cc2)cc1. The van der Waals surface area contributed by atoms with Crippen molar-refractivity contribution in [2.24, 2.45) is 0 Å². The molecule has 0 fully saturated rings. The van der Waals surface area contributed by atoms with Crippen LogP contribution in [0.1, 0.15) is 0 Å². The zero-order valence-electron chi connectivity index (χ0n) is 16.3. The number of nitrogens with one attached hydrogen (secondary N) is 1. The van der Waals surface area contributed by atoms with Gasteiger partial charge in [-0.05, 0) is 52.9 Å². The van der Waals surface area contributed by atoms with Crippen molar-refractivity contribution in [2.45, 2.75) is 0 Å². The van der Waals surface area contributed by atoms with Crippen molar-refractivity contribution in [3.63, 3.8) is 0 Å². The predicted octanol–water partition coefficient (Wildman–Crippen LogP) is 8.15. The molecule has 5 aromatic carbocycles. The Morgan fingerprint density at radius 1 is 0.500 bits per heavy atom. The maximum absolute atomic E-state index is 6.21. The average Bonchev–Trinajstić information content (AvgIpc) is 3.19. The van der Waals surface area contributed by atoms with Gasteiger partial charge in [-0.15, -0.1) is 0 Å². The van der Waals surface area contributed by atoms with E-state index in [-0.39, 0.29) is 0 Å². The van der Waals surface area contributed by atoms with Gasteiger partial charge < -0.3 is 9.73 Å². The first-order valence-electron chi connectivity index (χ1n) is 10.1. The molecule has 0 saturated heterocycles. The first-order valence-corrected chi connectivity index (χ1v) is 10.1. The van der Waals surface area contributed by atoms with Crippen LogP contribution in [-0.4, -0.2) is 0 Å². The standard InChI is InChI=1S/C28H19NO/c1-2-6-19(7-3-1)20-10-13-22(14-11-20)29-23-15-17-27-26(18-23)25-16-12-21-8-4-5-9-24(21)28(25)30-27/h1-18,29H. The van der Waals surface area contributed by atoms with Crippen molar-refractivity contribution >= 4 is 44.1 Å². The lowest BCUT2D eigenvalue weighted by Crippen LogP contribution is -1.89. The summed E-state index contributed by atoms with van der Waals surface area (Å²) in [7, 11) is 0. The van der Waals surface area contributed by atoms with Crippen molar-refractivity contribution < 1.29 is 4.42 Å². The molecular formula is C28H19NO. The second kappa shape index (κ2) is 6.78. The molecule has 0 spiro atoms. The summed E-state index contributed by atoms with van der Waals surface area (Å²) in [6.45, 7) is 0. The van der Waals surface area contributed by atoms with Crippen LogP contribution in [0.25, 0.3) is 43.8 Å². The third-order valence-corrected chi connectivity index (χ3v) is 5.64. The summed E-state index contributed by atoms with van der Waals surface area (Å²) in [6.07, 6.45) is 0. The van der Waals surface area contributed by atoms with E-state index in [0.29, 0.717) is 0 Å². The molecular weight excluding hydrogens is 366 g/mol. The largest absolute Gasteiger partial charge is 0.455 e. The van der Waals surface area contributed by atoms with Crippen molar-refractivity contribution in [2.75, 3.05) is 5.32 Å². The van der Waals surface area contributed by atoms with E-state index in [0.717, 1.165) is 38.7 Å². The lowest BCUT2D eigenvalue weighted by molar-refractivity contribution is 0.672. The third-order valence-electron chi connectivity index (χ3n) is 5.64. The van der Waals surface area contributed by atoms with Gasteiger partial charge in [-0.3, -0.25) is 0 Å². The van der Waals surface area contributed by atoms with Crippen molar-refractivity contribution in [1.82, 2.24) is 0 Å². The van der Waals surface area contributed by atoms with E-state index in [9.17, 15) is 0 Å². The second-order valence-electron chi connectivity index (χ2n) is 7.54. The number of fused-ring (bicyclic) bond motifs is 5. The molecule has 0 bridgehead atoms. The van der Waals surface area contributed by atoms with E-state index in [4.69, 9.17) is 4.42 Å². The van der Waals surface area contributed by atoms with Gasteiger partial charge >= 0.3 is 0 Å². The van der Waals surface area contributed by atoms with E-state index in [1.807, 2.05) is 12.1 Å². The van der Waals surface area contributed by atoms with Crippen LogP contribution in [0.5, 0.6) is 0 Å². The predicted molar refractivity (Wildman–Crippen MR) is 126 cm³/mol. The molecule has 0 aliphatic heterocycles. The van der Waals surface area contributed by atoms with Crippen LogP contribution in [0.3, 0.4) is 0 Å². The van der Waals surface area contributed by atoms with Crippen molar-refractivity contribution in [1.29, 1.82) is 0 Å². The summed E-state index contributed by atoms with van der Waals surface area (Å²) in [5.41, 5.74) is 6.41. The Kier molecular flexibility index (Phi) is 3.82. The Balaban J connectivity index is 1.37. The van der Waals surface area contributed by atoms with Crippen molar-refractivity contribution in [3.8, 4) is 11.1 Å². The van der Waals surface area contributed by atoms with Gasteiger partial charge in [0.15, 0.2) is 0 Å². The van der Waals surface area contributed by atoms with Gasteiger partial charge in [-0.1, -0.05) is 72.8 Å². The highest BCUT2D eigenvalue weighted by atomic mass is 16.3. The molecule has 0 atom stereocenters. The molecule has 0 aliphatic carbocycles. The Labute approximate surface area is 174 Å². The zero-order chi connectivity index (χ0) is 19.9. The molecule has 1 N–H and O–H groups in total. The molecule has 142 valence electrons. The molecule has 6 rings (SSSR count). The van der Waals surface area contributed by atoms with E-state index >= 15 is 0 Å². The number of furan rings is 1. The first-order chi connectivity index (χ1) is 14.8. The minimum absolute atomic E-state index is 0.909. The molecule has 1 heterocycles. The van der Waals surface area contributed by atoms with Gasteiger partial charge in [0.2, 0.25) is 0 Å². The first kappa shape index (κ1) is 16.9. The number of hydrogen-bond donors (Lipinski definition) is 1. The molecule has 0 radical (unpaired) electrons. The minimum Gasteiger partial charge on any atom is -0.455 e. The smallest absolute Gasteiger partial charge is 0.143 e.